The van der Waals surface area contributed by atoms with Crippen molar-refractivity contribution in [2.75, 3.05) is 14.2 Å². The van der Waals surface area contributed by atoms with E-state index in [-0.39, 0.29) is 0 Å². The molecule has 0 aliphatic carbocycles. The van der Waals surface area contributed by atoms with Crippen LogP contribution < -0.4 is 9.47 Å². The van der Waals surface area contributed by atoms with Gasteiger partial charge in [0.2, 0.25) is 0 Å². The zero-order chi connectivity index (χ0) is 14.8. The minimum atomic E-state index is 0.899. The van der Waals surface area contributed by atoms with Crippen molar-refractivity contribution in [3.63, 3.8) is 0 Å². The third-order valence-corrected chi connectivity index (χ3v) is 4.55. The van der Waals surface area contributed by atoms with E-state index in [1.165, 1.54) is 16.7 Å². The van der Waals surface area contributed by atoms with Crippen molar-refractivity contribution in [2.45, 2.75) is 19.6 Å². The molecule has 0 N–H and O–H groups in total. The molecule has 0 spiro atoms. The van der Waals surface area contributed by atoms with Crippen molar-refractivity contribution in [1.82, 2.24) is 4.90 Å². The molecule has 21 heavy (non-hydrogen) atoms. The van der Waals surface area contributed by atoms with Crippen LogP contribution in [0.15, 0.2) is 40.9 Å². The van der Waals surface area contributed by atoms with E-state index in [2.05, 4.69) is 39.0 Å². The Morgan fingerprint density at radius 2 is 1.71 bits per heavy atom. The van der Waals surface area contributed by atoms with Crippen LogP contribution in [0.3, 0.4) is 0 Å². The van der Waals surface area contributed by atoms with Crippen molar-refractivity contribution in [1.29, 1.82) is 0 Å². The largest absolute Gasteiger partial charge is 0.497 e. The van der Waals surface area contributed by atoms with Crippen molar-refractivity contribution in [3.8, 4) is 11.5 Å². The first kappa shape index (κ1) is 14.4. The fourth-order valence-electron chi connectivity index (χ4n) is 2.72. The SMILES string of the molecule is COc1ccc(CN2Cc3cc(OC)cc(Br)c3C2)cc1. The summed E-state index contributed by atoms with van der Waals surface area (Å²) in [6, 6.07) is 12.4. The summed E-state index contributed by atoms with van der Waals surface area (Å²) in [5.74, 6) is 1.81. The van der Waals surface area contributed by atoms with E-state index in [0.717, 1.165) is 35.6 Å². The molecule has 1 aliphatic heterocycles. The summed E-state index contributed by atoms with van der Waals surface area (Å²) in [7, 11) is 3.40. The predicted octanol–water partition coefficient (Wildman–Crippen LogP) is 3.98. The normalized spacial score (nSPS) is 14.0. The molecule has 0 fully saturated rings. The molecule has 0 saturated carbocycles. The monoisotopic (exact) mass is 347 g/mol. The van der Waals surface area contributed by atoms with Crippen LogP contribution in [0.1, 0.15) is 16.7 Å². The topological polar surface area (TPSA) is 21.7 Å². The number of halogens is 1. The van der Waals surface area contributed by atoms with Gasteiger partial charge in [0.05, 0.1) is 14.2 Å². The number of methoxy groups -OCH3 is 2. The van der Waals surface area contributed by atoms with Gasteiger partial charge in [0.25, 0.3) is 0 Å². The van der Waals surface area contributed by atoms with Gasteiger partial charge in [-0.25, -0.2) is 0 Å². The van der Waals surface area contributed by atoms with Crippen molar-refractivity contribution in [2.24, 2.45) is 0 Å². The molecule has 3 rings (SSSR count). The molecule has 3 nitrogen and oxygen atoms in total. The van der Waals surface area contributed by atoms with Crippen LogP contribution in [-0.4, -0.2) is 19.1 Å². The van der Waals surface area contributed by atoms with Crippen LogP contribution in [0.25, 0.3) is 0 Å². The van der Waals surface area contributed by atoms with Gasteiger partial charge in [-0.3, -0.25) is 4.90 Å². The molecule has 1 heterocycles. The van der Waals surface area contributed by atoms with Gasteiger partial charge in [-0.1, -0.05) is 28.1 Å². The Balaban J connectivity index is 1.73. The number of benzene rings is 2. The number of fused-ring (bicyclic) bond motifs is 1. The maximum absolute atomic E-state index is 5.34. The second kappa shape index (κ2) is 6.08. The first-order valence-electron chi connectivity index (χ1n) is 6.90. The number of rotatable bonds is 4. The summed E-state index contributed by atoms with van der Waals surface area (Å²) >= 11 is 3.65. The van der Waals surface area contributed by atoms with Gasteiger partial charge in [0.1, 0.15) is 11.5 Å². The predicted molar refractivity (Wildman–Crippen MR) is 86.6 cm³/mol. The molecular formula is C17H18BrNO2. The van der Waals surface area contributed by atoms with E-state index < -0.39 is 0 Å². The zero-order valence-corrected chi connectivity index (χ0v) is 13.8. The average molecular weight is 348 g/mol. The standard InChI is InChI=1S/C17H18BrNO2/c1-20-14-5-3-12(4-6-14)9-19-10-13-7-15(21-2)8-17(18)16(13)11-19/h3-8H,9-11H2,1-2H3. The molecule has 0 amide bonds. The Bertz CT molecular complexity index is 640. The van der Waals surface area contributed by atoms with Crippen molar-refractivity contribution < 1.29 is 9.47 Å². The van der Waals surface area contributed by atoms with E-state index in [1.54, 1.807) is 14.2 Å². The molecule has 0 atom stereocenters. The molecule has 2 aromatic rings. The maximum Gasteiger partial charge on any atom is 0.120 e. The Labute approximate surface area is 133 Å². The highest BCUT2D eigenvalue weighted by Crippen LogP contribution is 2.34. The summed E-state index contributed by atoms with van der Waals surface area (Å²) in [5, 5.41) is 0. The van der Waals surface area contributed by atoms with Gasteiger partial charge in [0.15, 0.2) is 0 Å². The smallest absolute Gasteiger partial charge is 0.120 e. The minimum absolute atomic E-state index is 0.899. The number of ether oxygens (including phenoxy) is 2. The summed E-state index contributed by atoms with van der Waals surface area (Å²) in [6.07, 6.45) is 0. The number of hydrogen-bond acceptors (Lipinski definition) is 3. The van der Waals surface area contributed by atoms with Gasteiger partial charge in [0, 0.05) is 24.1 Å². The average Bonchev–Trinajstić information content (AvgIpc) is 2.91. The third kappa shape index (κ3) is 3.06. The van der Waals surface area contributed by atoms with E-state index in [1.807, 2.05) is 18.2 Å². The number of nitrogens with zero attached hydrogens (tertiary/aromatic N) is 1. The van der Waals surface area contributed by atoms with Gasteiger partial charge < -0.3 is 9.47 Å². The van der Waals surface area contributed by atoms with Crippen molar-refractivity contribution >= 4 is 15.9 Å². The van der Waals surface area contributed by atoms with Crippen molar-refractivity contribution in [3.05, 3.63) is 57.6 Å². The lowest BCUT2D eigenvalue weighted by atomic mass is 10.1. The van der Waals surface area contributed by atoms with Crippen LogP contribution in [0.5, 0.6) is 11.5 Å². The lowest BCUT2D eigenvalue weighted by Gasteiger charge is -2.15. The van der Waals surface area contributed by atoms with Gasteiger partial charge in [-0.15, -0.1) is 0 Å². The molecule has 110 valence electrons. The third-order valence-electron chi connectivity index (χ3n) is 3.84. The Hall–Kier alpha value is -1.52. The Morgan fingerprint density at radius 3 is 2.38 bits per heavy atom. The second-order valence-electron chi connectivity index (χ2n) is 5.24. The molecule has 0 aromatic heterocycles. The maximum atomic E-state index is 5.34. The highest BCUT2D eigenvalue weighted by atomic mass is 79.9. The lowest BCUT2D eigenvalue weighted by Crippen LogP contribution is -2.15. The fourth-order valence-corrected chi connectivity index (χ4v) is 3.33. The highest BCUT2D eigenvalue weighted by Gasteiger charge is 2.22. The molecule has 0 unspecified atom stereocenters. The summed E-state index contributed by atoms with van der Waals surface area (Å²) in [4.78, 5) is 2.43. The van der Waals surface area contributed by atoms with Gasteiger partial charge >= 0.3 is 0 Å². The first-order chi connectivity index (χ1) is 10.2. The van der Waals surface area contributed by atoms with E-state index in [4.69, 9.17) is 9.47 Å². The van der Waals surface area contributed by atoms with E-state index in [0.29, 0.717) is 0 Å². The minimum Gasteiger partial charge on any atom is -0.497 e. The summed E-state index contributed by atoms with van der Waals surface area (Å²) < 4.78 is 11.7. The number of hydrogen-bond donors (Lipinski definition) is 0. The van der Waals surface area contributed by atoms with Gasteiger partial charge in [-0.2, -0.15) is 0 Å². The van der Waals surface area contributed by atoms with E-state index >= 15 is 0 Å². The lowest BCUT2D eigenvalue weighted by molar-refractivity contribution is 0.275. The van der Waals surface area contributed by atoms with E-state index in [9.17, 15) is 0 Å². The summed E-state index contributed by atoms with van der Waals surface area (Å²) in [5.41, 5.74) is 4.01. The zero-order valence-electron chi connectivity index (χ0n) is 12.2. The highest BCUT2D eigenvalue weighted by molar-refractivity contribution is 9.10. The Morgan fingerprint density at radius 1 is 1.00 bits per heavy atom. The second-order valence-corrected chi connectivity index (χ2v) is 6.09. The quantitative estimate of drug-likeness (QED) is 0.834. The molecule has 4 heteroatoms. The van der Waals surface area contributed by atoms with Crippen LogP contribution >= 0.6 is 15.9 Å². The molecular weight excluding hydrogens is 330 g/mol. The molecule has 0 saturated heterocycles. The summed E-state index contributed by atoms with van der Waals surface area (Å²) in [6.45, 7) is 2.86. The first-order valence-corrected chi connectivity index (χ1v) is 7.69. The molecule has 0 radical (unpaired) electrons. The molecule has 0 bridgehead atoms. The molecule has 1 aliphatic rings. The van der Waals surface area contributed by atoms with Gasteiger partial charge in [-0.05, 0) is 41.0 Å². The molecule has 2 aromatic carbocycles. The Kier molecular flexibility index (Phi) is 4.17. The van der Waals surface area contributed by atoms with Crippen LogP contribution in [0.2, 0.25) is 0 Å². The van der Waals surface area contributed by atoms with Crippen LogP contribution in [0, 0.1) is 0 Å². The van der Waals surface area contributed by atoms with Crippen LogP contribution in [0.4, 0.5) is 0 Å². The van der Waals surface area contributed by atoms with Crippen LogP contribution in [-0.2, 0) is 19.6 Å². The fraction of sp³-hybridized carbons (Fsp3) is 0.294.